The zero-order valence-corrected chi connectivity index (χ0v) is 13.8. The van der Waals surface area contributed by atoms with E-state index in [1.165, 1.54) is 44.9 Å². The Bertz CT molecular complexity index is 186. The van der Waals surface area contributed by atoms with E-state index in [0.29, 0.717) is 11.5 Å². The maximum absolute atomic E-state index is 3.63. The molecule has 0 radical (unpaired) electrons. The maximum atomic E-state index is 3.63. The molecule has 18 heavy (non-hydrogen) atoms. The smallest absolute Gasteiger partial charge is 0.00106 e. The summed E-state index contributed by atoms with van der Waals surface area (Å²) in [6.07, 6.45) is 9.82. The van der Waals surface area contributed by atoms with Gasteiger partial charge in [0.25, 0.3) is 0 Å². The van der Waals surface area contributed by atoms with E-state index in [9.17, 15) is 0 Å². The molecule has 1 heteroatoms. The van der Waals surface area contributed by atoms with Crippen molar-refractivity contribution in [1.82, 2.24) is 5.32 Å². The molecule has 0 amide bonds. The van der Waals surface area contributed by atoms with E-state index >= 15 is 0 Å². The van der Waals surface area contributed by atoms with Crippen molar-refractivity contribution in [3.63, 3.8) is 0 Å². The summed E-state index contributed by atoms with van der Waals surface area (Å²) in [7, 11) is 0. The highest BCUT2D eigenvalue weighted by atomic mass is 14.9. The Morgan fingerprint density at radius 1 is 0.889 bits per heavy atom. The van der Waals surface area contributed by atoms with Crippen molar-refractivity contribution >= 4 is 0 Å². The lowest BCUT2D eigenvalue weighted by molar-refractivity contribution is 0.180. The van der Waals surface area contributed by atoms with Crippen LogP contribution >= 0.6 is 0 Å². The van der Waals surface area contributed by atoms with Gasteiger partial charge in [-0.1, -0.05) is 80.1 Å². The zero-order chi connectivity index (χ0) is 14.0. The second-order valence-corrected chi connectivity index (χ2v) is 6.86. The lowest BCUT2D eigenvalue weighted by Gasteiger charge is -2.35. The summed E-state index contributed by atoms with van der Waals surface area (Å²) in [5.74, 6) is 0.763. The van der Waals surface area contributed by atoms with Crippen LogP contribution in [-0.2, 0) is 0 Å². The molecule has 1 atom stereocenters. The predicted molar refractivity (Wildman–Crippen MR) is 84.1 cm³/mol. The van der Waals surface area contributed by atoms with Gasteiger partial charge in [0.1, 0.15) is 0 Å². The third-order valence-corrected chi connectivity index (χ3v) is 4.41. The molecule has 0 spiro atoms. The summed E-state index contributed by atoms with van der Waals surface area (Å²) >= 11 is 0. The van der Waals surface area contributed by atoms with Gasteiger partial charge in [0.2, 0.25) is 0 Å². The third kappa shape index (κ3) is 8.13. The Morgan fingerprint density at radius 2 is 1.44 bits per heavy atom. The van der Waals surface area contributed by atoms with Crippen LogP contribution in [0.25, 0.3) is 0 Å². The fraction of sp³-hybridized carbons (Fsp3) is 1.00. The van der Waals surface area contributed by atoms with Gasteiger partial charge in [-0.3, -0.25) is 0 Å². The first kappa shape index (κ1) is 18.0. The van der Waals surface area contributed by atoms with Gasteiger partial charge in [0.15, 0.2) is 0 Å². The van der Waals surface area contributed by atoms with Crippen molar-refractivity contribution in [1.29, 1.82) is 0 Å². The molecule has 0 aromatic carbocycles. The molecule has 0 aliphatic carbocycles. The van der Waals surface area contributed by atoms with E-state index in [0.717, 1.165) is 12.5 Å². The molecule has 0 heterocycles. The molecule has 0 bridgehead atoms. The maximum Gasteiger partial charge on any atom is 0.00106 e. The van der Waals surface area contributed by atoms with E-state index in [1.54, 1.807) is 0 Å². The van der Waals surface area contributed by atoms with Crippen molar-refractivity contribution in [2.45, 2.75) is 92.5 Å². The van der Waals surface area contributed by atoms with E-state index in [-0.39, 0.29) is 0 Å². The van der Waals surface area contributed by atoms with E-state index in [2.05, 4.69) is 46.9 Å². The Balaban J connectivity index is 3.88. The van der Waals surface area contributed by atoms with Crippen LogP contribution in [0.1, 0.15) is 86.5 Å². The predicted octanol–water partition coefficient (Wildman–Crippen LogP) is 5.40. The number of nitrogens with one attached hydrogen (secondary N) is 1. The van der Waals surface area contributed by atoms with Gasteiger partial charge in [-0.25, -0.2) is 0 Å². The van der Waals surface area contributed by atoms with Crippen LogP contribution in [-0.4, -0.2) is 12.6 Å². The Morgan fingerprint density at radius 3 is 1.94 bits per heavy atom. The van der Waals surface area contributed by atoms with Gasteiger partial charge in [-0.05, 0) is 17.8 Å². The van der Waals surface area contributed by atoms with Gasteiger partial charge in [0, 0.05) is 12.6 Å². The normalized spacial score (nSPS) is 15.3. The van der Waals surface area contributed by atoms with Crippen LogP contribution in [0, 0.1) is 11.3 Å². The van der Waals surface area contributed by atoms with Crippen LogP contribution in [0.15, 0.2) is 0 Å². The van der Waals surface area contributed by atoms with Gasteiger partial charge in [-0.15, -0.1) is 0 Å². The highest BCUT2D eigenvalue weighted by molar-refractivity contribution is 4.80. The standard InChI is InChI=1S/C17H37N/c1-7-8-9-10-11-12-13-17(6,15(2)3)14-18-16(4)5/h15-16,18H,7-14H2,1-6H3. The highest BCUT2D eigenvalue weighted by Crippen LogP contribution is 2.32. The quantitative estimate of drug-likeness (QED) is 0.488. The highest BCUT2D eigenvalue weighted by Gasteiger charge is 2.27. The fourth-order valence-corrected chi connectivity index (χ4v) is 2.33. The first-order valence-corrected chi connectivity index (χ1v) is 8.15. The first-order valence-electron chi connectivity index (χ1n) is 8.15. The second-order valence-electron chi connectivity index (χ2n) is 6.86. The average Bonchev–Trinajstić information content (AvgIpc) is 2.31. The van der Waals surface area contributed by atoms with Crippen molar-refractivity contribution in [2.75, 3.05) is 6.54 Å². The Hall–Kier alpha value is -0.0400. The molecule has 0 saturated carbocycles. The minimum Gasteiger partial charge on any atom is -0.314 e. The topological polar surface area (TPSA) is 12.0 Å². The fourth-order valence-electron chi connectivity index (χ4n) is 2.33. The van der Waals surface area contributed by atoms with Crippen molar-refractivity contribution in [2.24, 2.45) is 11.3 Å². The van der Waals surface area contributed by atoms with Crippen molar-refractivity contribution < 1.29 is 0 Å². The van der Waals surface area contributed by atoms with Crippen molar-refractivity contribution in [3.05, 3.63) is 0 Å². The zero-order valence-electron chi connectivity index (χ0n) is 13.8. The molecule has 0 aromatic heterocycles. The van der Waals surface area contributed by atoms with Crippen LogP contribution in [0.5, 0.6) is 0 Å². The van der Waals surface area contributed by atoms with E-state index < -0.39 is 0 Å². The molecule has 0 fully saturated rings. The average molecular weight is 255 g/mol. The number of rotatable bonds is 11. The Kier molecular flexibility index (Phi) is 9.81. The van der Waals surface area contributed by atoms with Crippen LogP contribution in [0.2, 0.25) is 0 Å². The van der Waals surface area contributed by atoms with Crippen LogP contribution < -0.4 is 5.32 Å². The van der Waals surface area contributed by atoms with Crippen LogP contribution in [0.3, 0.4) is 0 Å². The van der Waals surface area contributed by atoms with Gasteiger partial charge < -0.3 is 5.32 Å². The summed E-state index contributed by atoms with van der Waals surface area (Å²) in [6, 6.07) is 0.604. The number of hydrogen-bond donors (Lipinski definition) is 1. The van der Waals surface area contributed by atoms with Gasteiger partial charge in [-0.2, -0.15) is 0 Å². The number of hydrogen-bond acceptors (Lipinski definition) is 1. The Labute approximate surface area is 116 Å². The molecular formula is C17H37N. The lowest BCUT2D eigenvalue weighted by atomic mass is 9.75. The summed E-state index contributed by atoms with van der Waals surface area (Å²) in [4.78, 5) is 0. The first-order chi connectivity index (χ1) is 8.42. The molecule has 0 aliphatic heterocycles. The lowest BCUT2D eigenvalue weighted by Crippen LogP contribution is -2.39. The van der Waals surface area contributed by atoms with Crippen molar-refractivity contribution in [3.8, 4) is 0 Å². The minimum atomic E-state index is 0.467. The molecule has 110 valence electrons. The second kappa shape index (κ2) is 9.83. The monoisotopic (exact) mass is 255 g/mol. The molecule has 1 N–H and O–H groups in total. The van der Waals surface area contributed by atoms with Gasteiger partial charge >= 0.3 is 0 Å². The minimum absolute atomic E-state index is 0.467. The SMILES string of the molecule is CCCCCCCCC(C)(CNC(C)C)C(C)C. The summed E-state index contributed by atoms with van der Waals surface area (Å²) in [5, 5.41) is 3.63. The summed E-state index contributed by atoms with van der Waals surface area (Å²) in [5.41, 5.74) is 0.467. The molecule has 0 rings (SSSR count). The summed E-state index contributed by atoms with van der Waals surface area (Å²) < 4.78 is 0. The van der Waals surface area contributed by atoms with E-state index in [4.69, 9.17) is 0 Å². The molecule has 1 nitrogen and oxygen atoms in total. The van der Waals surface area contributed by atoms with Gasteiger partial charge in [0.05, 0.1) is 0 Å². The summed E-state index contributed by atoms with van der Waals surface area (Å²) in [6.45, 7) is 15.1. The van der Waals surface area contributed by atoms with E-state index in [1.807, 2.05) is 0 Å². The molecule has 0 saturated heterocycles. The molecular weight excluding hydrogens is 218 g/mol. The third-order valence-electron chi connectivity index (χ3n) is 4.41. The van der Waals surface area contributed by atoms with Crippen LogP contribution in [0.4, 0.5) is 0 Å². The molecule has 1 unspecified atom stereocenters. The number of unbranched alkanes of at least 4 members (excludes halogenated alkanes) is 5. The molecule has 0 aromatic rings. The largest absolute Gasteiger partial charge is 0.314 e. The molecule has 0 aliphatic rings.